The molecule has 0 spiro atoms. The van der Waals surface area contributed by atoms with E-state index in [1.54, 1.807) is 0 Å². The van der Waals surface area contributed by atoms with Gasteiger partial charge >= 0.3 is 0 Å². The number of nitrogens with one attached hydrogen (secondary N) is 1. The van der Waals surface area contributed by atoms with Crippen molar-refractivity contribution in [3.8, 4) is 0 Å². The summed E-state index contributed by atoms with van der Waals surface area (Å²) in [4.78, 5) is 0. The Morgan fingerprint density at radius 2 is 1.76 bits per heavy atom. The van der Waals surface area contributed by atoms with E-state index < -0.39 is 10.1 Å². The Morgan fingerprint density at radius 1 is 1.16 bits per heavy atom. The second kappa shape index (κ2) is 9.51. The van der Waals surface area contributed by atoms with Crippen LogP contribution in [0.3, 0.4) is 0 Å². The Morgan fingerprint density at radius 3 is 2.24 bits per heavy atom. The molecule has 1 rings (SSSR count). The van der Waals surface area contributed by atoms with E-state index in [-0.39, 0.29) is 17.2 Å². The maximum atomic E-state index is 10.8. The zero-order chi connectivity index (χ0) is 19.1. The van der Waals surface area contributed by atoms with E-state index in [0.717, 1.165) is 12.0 Å². The van der Waals surface area contributed by atoms with Crippen molar-refractivity contribution >= 4 is 16.2 Å². The van der Waals surface area contributed by atoms with E-state index in [2.05, 4.69) is 76.4 Å². The number of hydrogen-bond donors (Lipinski definition) is 2. The van der Waals surface area contributed by atoms with Gasteiger partial charge in [0, 0.05) is 6.04 Å². The maximum Gasteiger partial charge on any atom is 0.264 e. The molecule has 0 radical (unpaired) electrons. The van der Waals surface area contributed by atoms with Crippen molar-refractivity contribution in [1.29, 1.82) is 0 Å². The smallest absolute Gasteiger partial charge is 0.264 e. The van der Waals surface area contributed by atoms with Crippen molar-refractivity contribution in [1.82, 2.24) is 5.32 Å². The van der Waals surface area contributed by atoms with Gasteiger partial charge in [0.05, 0.1) is 5.75 Å². The fraction of sp³-hybridized carbons (Fsp3) is 0.600. The van der Waals surface area contributed by atoms with Crippen molar-refractivity contribution in [2.24, 2.45) is 5.92 Å². The molecule has 1 aromatic carbocycles. The van der Waals surface area contributed by atoms with Crippen molar-refractivity contribution in [3.05, 3.63) is 41.5 Å². The first kappa shape index (κ1) is 21.9. The van der Waals surface area contributed by atoms with E-state index in [9.17, 15) is 8.42 Å². The molecule has 5 heteroatoms. The highest BCUT2D eigenvalue weighted by Gasteiger charge is 2.12. The summed E-state index contributed by atoms with van der Waals surface area (Å²) in [6.45, 7) is 11.5. The van der Waals surface area contributed by atoms with Crippen LogP contribution in [-0.4, -0.2) is 31.3 Å². The lowest BCUT2D eigenvalue weighted by molar-refractivity contribution is 0.462. The van der Waals surface area contributed by atoms with Gasteiger partial charge in [-0.1, -0.05) is 71.0 Å². The second-order valence-corrected chi connectivity index (χ2v) is 9.63. The third-order valence-electron chi connectivity index (χ3n) is 4.01. The van der Waals surface area contributed by atoms with Crippen LogP contribution in [0.5, 0.6) is 0 Å². The molecule has 25 heavy (non-hydrogen) atoms. The predicted molar refractivity (Wildman–Crippen MR) is 106 cm³/mol. The van der Waals surface area contributed by atoms with Crippen molar-refractivity contribution in [2.45, 2.75) is 58.9 Å². The molecule has 1 aromatic rings. The zero-order valence-electron chi connectivity index (χ0n) is 16.1. The van der Waals surface area contributed by atoms with Crippen LogP contribution in [0, 0.1) is 5.92 Å². The Hall–Kier alpha value is -1.17. The lowest BCUT2D eigenvalue weighted by Crippen LogP contribution is -2.30. The lowest BCUT2D eigenvalue weighted by atomic mass is 9.86. The quantitative estimate of drug-likeness (QED) is 0.505. The molecule has 0 aliphatic rings. The summed E-state index contributed by atoms with van der Waals surface area (Å²) >= 11 is 0. The van der Waals surface area contributed by atoms with Gasteiger partial charge in [-0.15, -0.1) is 0 Å². The van der Waals surface area contributed by atoms with E-state index in [4.69, 9.17) is 4.55 Å². The molecule has 0 fully saturated rings. The Kier molecular flexibility index (Phi) is 8.32. The van der Waals surface area contributed by atoms with E-state index >= 15 is 0 Å². The van der Waals surface area contributed by atoms with Crippen LogP contribution < -0.4 is 5.32 Å². The highest BCUT2D eigenvalue weighted by atomic mass is 32.2. The maximum absolute atomic E-state index is 10.8. The fourth-order valence-corrected chi connectivity index (χ4v) is 3.11. The zero-order valence-corrected chi connectivity index (χ0v) is 16.9. The molecule has 2 N–H and O–H groups in total. The third-order valence-corrected chi connectivity index (χ3v) is 4.81. The SMILES string of the molecule is CC(C)C[C@@H](C=Cc1ccc(C(C)(C)C)cc1)NCCCS(=O)(=O)O. The van der Waals surface area contributed by atoms with Crippen LogP contribution >= 0.6 is 0 Å². The first-order valence-electron chi connectivity index (χ1n) is 8.94. The van der Waals surface area contributed by atoms with Crippen molar-refractivity contribution in [3.63, 3.8) is 0 Å². The molecule has 0 aromatic heterocycles. The van der Waals surface area contributed by atoms with Gasteiger partial charge in [-0.2, -0.15) is 8.42 Å². The first-order valence-corrected chi connectivity index (χ1v) is 10.6. The van der Waals surface area contributed by atoms with Crippen LogP contribution in [0.25, 0.3) is 6.08 Å². The topological polar surface area (TPSA) is 66.4 Å². The minimum absolute atomic E-state index is 0.150. The molecule has 0 aliphatic heterocycles. The number of benzene rings is 1. The predicted octanol–water partition coefficient (Wildman–Crippen LogP) is 4.28. The van der Waals surface area contributed by atoms with Gasteiger partial charge in [0.1, 0.15) is 0 Å². The highest BCUT2D eigenvalue weighted by molar-refractivity contribution is 7.85. The van der Waals surface area contributed by atoms with Crippen molar-refractivity contribution < 1.29 is 13.0 Å². The molecule has 0 heterocycles. The molecular formula is C20H33NO3S. The summed E-state index contributed by atoms with van der Waals surface area (Å²) in [7, 11) is -3.87. The van der Waals surface area contributed by atoms with Crippen LogP contribution in [0.15, 0.2) is 30.3 Å². The summed E-state index contributed by atoms with van der Waals surface area (Å²) in [6, 6.07) is 8.76. The van der Waals surface area contributed by atoms with Crippen LogP contribution in [0.1, 0.15) is 58.6 Å². The monoisotopic (exact) mass is 367 g/mol. The van der Waals surface area contributed by atoms with Crippen LogP contribution in [0.4, 0.5) is 0 Å². The molecular weight excluding hydrogens is 334 g/mol. The van der Waals surface area contributed by atoms with Gasteiger partial charge < -0.3 is 5.32 Å². The standard InChI is InChI=1S/C20H33NO3S/c1-16(2)15-19(21-13-6-14-25(22,23)24)12-9-17-7-10-18(11-8-17)20(3,4)5/h7-12,16,19,21H,6,13-15H2,1-5H3,(H,22,23,24)/t19-/m1/s1. The summed E-state index contributed by atoms with van der Waals surface area (Å²) < 4.78 is 30.3. The van der Waals surface area contributed by atoms with Gasteiger partial charge in [0.15, 0.2) is 0 Å². The average Bonchev–Trinajstić information content (AvgIpc) is 2.47. The van der Waals surface area contributed by atoms with E-state index in [0.29, 0.717) is 18.9 Å². The summed E-state index contributed by atoms with van der Waals surface area (Å²) in [6.07, 6.45) is 5.62. The molecule has 0 saturated carbocycles. The van der Waals surface area contributed by atoms with Crippen molar-refractivity contribution in [2.75, 3.05) is 12.3 Å². The van der Waals surface area contributed by atoms with Gasteiger partial charge in [0.25, 0.3) is 10.1 Å². The van der Waals surface area contributed by atoms with Gasteiger partial charge in [-0.3, -0.25) is 4.55 Å². The Balaban J connectivity index is 2.65. The molecule has 142 valence electrons. The molecule has 0 unspecified atom stereocenters. The summed E-state index contributed by atoms with van der Waals surface area (Å²) in [5.41, 5.74) is 2.62. The van der Waals surface area contributed by atoms with E-state index in [1.807, 2.05) is 0 Å². The summed E-state index contributed by atoms with van der Waals surface area (Å²) in [5.74, 6) is 0.332. The molecule has 0 aliphatic carbocycles. The van der Waals surface area contributed by atoms with Gasteiger partial charge in [-0.25, -0.2) is 0 Å². The largest absolute Gasteiger partial charge is 0.310 e. The second-order valence-electron chi connectivity index (χ2n) is 8.06. The Labute approximate surface area is 153 Å². The highest BCUT2D eigenvalue weighted by Crippen LogP contribution is 2.22. The molecule has 0 bridgehead atoms. The van der Waals surface area contributed by atoms with E-state index in [1.165, 1.54) is 5.56 Å². The number of rotatable bonds is 9. The lowest BCUT2D eigenvalue weighted by Gasteiger charge is -2.19. The minimum atomic E-state index is -3.87. The molecule has 0 amide bonds. The van der Waals surface area contributed by atoms with Gasteiger partial charge in [-0.05, 0) is 41.8 Å². The third kappa shape index (κ3) is 9.78. The van der Waals surface area contributed by atoms with Crippen LogP contribution in [0.2, 0.25) is 0 Å². The average molecular weight is 368 g/mol. The minimum Gasteiger partial charge on any atom is -0.310 e. The fourth-order valence-electron chi connectivity index (χ4n) is 2.60. The Bertz CT molecular complexity index is 641. The molecule has 4 nitrogen and oxygen atoms in total. The summed E-state index contributed by atoms with van der Waals surface area (Å²) in [5, 5.41) is 3.37. The normalized spacial score (nSPS) is 14.4. The first-order chi connectivity index (χ1) is 11.5. The number of hydrogen-bond acceptors (Lipinski definition) is 3. The molecule has 1 atom stereocenters. The van der Waals surface area contributed by atoms with Gasteiger partial charge in [0.2, 0.25) is 0 Å². The van der Waals surface area contributed by atoms with Crippen LogP contribution in [-0.2, 0) is 15.5 Å². The molecule has 0 saturated heterocycles.